The van der Waals surface area contributed by atoms with Gasteiger partial charge < -0.3 is 4.90 Å². The van der Waals surface area contributed by atoms with E-state index in [1.165, 1.54) is 25.3 Å². The third kappa shape index (κ3) is 6.97. The fraction of sp³-hybridized carbons (Fsp3) is 0.750. The number of nitrogens with one attached hydrogen (secondary N) is 1. The number of halogens is 1. The molecule has 2 fully saturated rings. The summed E-state index contributed by atoms with van der Waals surface area (Å²) in [5.74, 6) is 0.899. The average molecular weight is 412 g/mol. The second kappa shape index (κ2) is 10.5. The van der Waals surface area contributed by atoms with E-state index in [0.29, 0.717) is 24.0 Å². The molecule has 0 radical (unpaired) electrons. The molecule has 1 saturated heterocycles. The van der Waals surface area contributed by atoms with E-state index < -0.39 is 16.0 Å². The van der Waals surface area contributed by atoms with Crippen molar-refractivity contribution in [3.63, 3.8) is 0 Å². The molecule has 2 aliphatic rings. The van der Waals surface area contributed by atoms with Crippen molar-refractivity contribution in [1.82, 2.24) is 14.6 Å². The molecule has 0 bridgehead atoms. The zero-order valence-corrected chi connectivity index (χ0v) is 17.5. The molecule has 1 aliphatic carbocycles. The minimum absolute atomic E-state index is 0.295. The van der Waals surface area contributed by atoms with Gasteiger partial charge in [-0.3, -0.25) is 4.90 Å². The highest BCUT2D eigenvalue weighted by Gasteiger charge is 2.21. The Hall–Kier alpha value is -1.25. The van der Waals surface area contributed by atoms with Crippen LogP contribution in [-0.2, 0) is 10.0 Å². The molecule has 1 saturated carbocycles. The van der Waals surface area contributed by atoms with E-state index in [4.69, 9.17) is 0 Å². The highest BCUT2D eigenvalue weighted by atomic mass is 32.2. The number of aromatic nitrogens is 1. The number of hydrogen-bond acceptors (Lipinski definition) is 5. The number of hydrogen-bond donors (Lipinski definition) is 1. The van der Waals surface area contributed by atoms with Crippen LogP contribution in [0.15, 0.2) is 18.2 Å². The first kappa shape index (κ1) is 21.5. The summed E-state index contributed by atoms with van der Waals surface area (Å²) in [5, 5.41) is 0. The summed E-state index contributed by atoms with van der Waals surface area (Å²) in [5.41, 5.74) is 0. The monoisotopic (exact) mass is 411 g/mol. The molecule has 3 rings (SSSR count). The molecule has 8 heteroatoms. The molecule has 158 valence electrons. The van der Waals surface area contributed by atoms with Crippen molar-refractivity contribution >= 4 is 15.8 Å². The molecule has 0 atom stereocenters. The predicted octanol–water partition coefficient (Wildman–Crippen LogP) is 2.62. The van der Waals surface area contributed by atoms with Crippen molar-refractivity contribution < 1.29 is 12.8 Å². The molecule has 0 unspecified atom stereocenters. The first-order chi connectivity index (χ1) is 13.5. The van der Waals surface area contributed by atoms with Gasteiger partial charge >= 0.3 is 0 Å². The molecular weight excluding hydrogens is 378 g/mol. The Bertz CT molecular complexity index is 702. The van der Waals surface area contributed by atoms with Crippen LogP contribution in [0, 0.1) is 11.9 Å². The lowest BCUT2D eigenvalue weighted by atomic mass is 9.91. The van der Waals surface area contributed by atoms with Gasteiger partial charge in [0.05, 0.1) is 5.75 Å². The smallest absolute Gasteiger partial charge is 0.214 e. The average Bonchev–Trinajstić information content (AvgIpc) is 2.68. The van der Waals surface area contributed by atoms with E-state index in [1.807, 2.05) is 6.07 Å². The van der Waals surface area contributed by atoms with Crippen LogP contribution >= 0.6 is 0 Å². The molecule has 1 aromatic heterocycles. The molecule has 0 amide bonds. The summed E-state index contributed by atoms with van der Waals surface area (Å²) in [4.78, 5) is 8.44. The van der Waals surface area contributed by atoms with Crippen LogP contribution in [0.4, 0.5) is 10.2 Å². The van der Waals surface area contributed by atoms with E-state index in [2.05, 4.69) is 19.5 Å². The lowest BCUT2D eigenvalue weighted by Gasteiger charge is -2.35. The Morgan fingerprint density at radius 2 is 1.82 bits per heavy atom. The maximum absolute atomic E-state index is 13.3. The summed E-state index contributed by atoms with van der Waals surface area (Å²) in [7, 11) is -3.14. The second-order valence-corrected chi connectivity index (χ2v) is 9.89. The van der Waals surface area contributed by atoms with Crippen molar-refractivity contribution in [2.24, 2.45) is 5.92 Å². The Morgan fingerprint density at radius 1 is 1.07 bits per heavy atom. The normalized spacial score (nSPS) is 19.8. The van der Waals surface area contributed by atoms with Gasteiger partial charge in [-0.15, -0.1) is 0 Å². The van der Waals surface area contributed by atoms with Crippen LogP contribution in [0.1, 0.15) is 44.9 Å². The maximum Gasteiger partial charge on any atom is 0.214 e. The van der Waals surface area contributed by atoms with Gasteiger partial charge in [0.2, 0.25) is 16.0 Å². The Balaban J connectivity index is 1.28. The van der Waals surface area contributed by atoms with Crippen LogP contribution in [0.2, 0.25) is 0 Å². The van der Waals surface area contributed by atoms with Crippen LogP contribution in [0.25, 0.3) is 0 Å². The van der Waals surface area contributed by atoms with Crippen LogP contribution in [0.5, 0.6) is 0 Å². The first-order valence-corrected chi connectivity index (χ1v) is 12.2. The summed E-state index contributed by atoms with van der Waals surface area (Å²) >= 11 is 0. The van der Waals surface area contributed by atoms with Crippen LogP contribution in [-0.4, -0.2) is 63.3 Å². The van der Waals surface area contributed by atoms with Crippen molar-refractivity contribution in [1.29, 1.82) is 0 Å². The Labute approximate surface area is 168 Å². The fourth-order valence-corrected chi connectivity index (χ4v) is 5.71. The molecule has 28 heavy (non-hydrogen) atoms. The van der Waals surface area contributed by atoms with E-state index in [-0.39, 0.29) is 0 Å². The van der Waals surface area contributed by atoms with Gasteiger partial charge in [-0.1, -0.05) is 25.3 Å². The molecule has 0 aromatic carbocycles. The number of unbranched alkanes of at least 4 members (excludes halogenated alkanes) is 1. The van der Waals surface area contributed by atoms with Crippen molar-refractivity contribution in [2.75, 3.05) is 49.9 Å². The van der Waals surface area contributed by atoms with Gasteiger partial charge in [0.15, 0.2) is 0 Å². The number of pyridine rings is 1. The minimum atomic E-state index is -3.14. The van der Waals surface area contributed by atoms with E-state index >= 15 is 0 Å². The van der Waals surface area contributed by atoms with Gasteiger partial charge in [0, 0.05) is 32.7 Å². The third-order valence-electron chi connectivity index (χ3n) is 5.80. The highest BCUT2D eigenvalue weighted by Crippen LogP contribution is 2.24. The lowest BCUT2D eigenvalue weighted by molar-refractivity contribution is 0.252. The minimum Gasteiger partial charge on any atom is -0.354 e. The summed E-state index contributed by atoms with van der Waals surface area (Å²) in [6, 6.07) is 4.90. The number of piperazine rings is 1. The SMILES string of the molecule is O=S(=O)(CC1CCCCC1)NCCCCN1CCN(c2cccc([18F])n2)CC1. The number of nitrogens with zero attached hydrogens (tertiary/aromatic N) is 3. The maximum atomic E-state index is 13.3. The lowest BCUT2D eigenvalue weighted by Crippen LogP contribution is -2.47. The quantitative estimate of drug-likeness (QED) is 0.500. The van der Waals surface area contributed by atoms with E-state index in [1.54, 1.807) is 6.07 Å². The fourth-order valence-electron chi connectivity index (χ4n) is 4.19. The number of sulfonamides is 1. The van der Waals surface area contributed by atoms with E-state index in [9.17, 15) is 12.8 Å². The van der Waals surface area contributed by atoms with Gasteiger partial charge in [-0.05, 0) is 50.3 Å². The number of anilines is 1. The van der Waals surface area contributed by atoms with Crippen LogP contribution in [0.3, 0.4) is 0 Å². The predicted molar refractivity (Wildman–Crippen MR) is 110 cm³/mol. The third-order valence-corrected chi connectivity index (χ3v) is 7.35. The zero-order chi connectivity index (χ0) is 19.8. The van der Waals surface area contributed by atoms with Gasteiger partial charge in [-0.25, -0.2) is 18.1 Å². The van der Waals surface area contributed by atoms with Gasteiger partial charge in [-0.2, -0.15) is 4.39 Å². The molecule has 6 nitrogen and oxygen atoms in total. The summed E-state index contributed by atoms with van der Waals surface area (Å²) in [6.45, 7) is 5.02. The molecule has 2 heterocycles. The largest absolute Gasteiger partial charge is 0.354 e. The molecule has 1 N–H and O–H groups in total. The van der Waals surface area contributed by atoms with Crippen molar-refractivity contribution in [3.05, 3.63) is 24.1 Å². The zero-order valence-electron chi connectivity index (χ0n) is 16.7. The molecule has 1 aliphatic heterocycles. The van der Waals surface area contributed by atoms with E-state index in [0.717, 1.165) is 58.4 Å². The first-order valence-electron chi connectivity index (χ1n) is 10.6. The molecule has 1 aromatic rings. The molecular formula is C20H33FN4O2S. The topological polar surface area (TPSA) is 65.5 Å². The van der Waals surface area contributed by atoms with Gasteiger partial charge in [0.25, 0.3) is 0 Å². The second-order valence-electron chi connectivity index (χ2n) is 8.03. The highest BCUT2D eigenvalue weighted by molar-refractivity contribution is 7.89. The van der Waals surface area contributed by atoms with Crippen molar-refractivity contribution in [2.45, 2.75) is 44.9 Å². The summed E-state index contributed by atoms with van der Waals surface area (Å²) < 4.78 is 40.4. The Morgan fingerprint density at radius 3 is 2.54 bits per heavy atom. The summed E-state index contributed by atoms with van der Waals surface area (Å²) in [6.07, 6.45) is 7.53. The van der Waals surface area contributed by atoms with Crippen molar-refractivity contribution in [3.8, 4) is 0 Å². The van der Waals surface area contributed by atoms with Gasteiger partial charge in [0.1, 0.15) is 5.82 Å². The Kier molecular flexibility index (Phi) is 8.05. The molecule has 0 spiro atoms. The number of rotatable bonds is 9. The standard InChI is InChI=1S/C20H33FN4O2S/c21-19-9-6-10-20(23-19)25-15-13-24(14-16-25)12-5-4-11-22-28(26,27)17-18-7-2-1-3-8-18/h6,9-10,18,22H,1-5,7-8,11-17H2/i21-1. The van der Waals surface area contributed by atoms with Crippen LogP contribution < -0.4 is 9.62 Å².